The van der Waals surface area contributed by atoms with Crippen LogP contribution in [-0.2, 0) is 0 Å². The molecule has 9 heteroatoms. The number of rotatable bonds is 8. The molecule has 2 aromatic carbocycles. The molecule has 5 rings (SSSR count). The first-order valence-corrected chi connectivity index (χ1v) is 12.4. The summed E-state index contributed by atoms with van der Waals surface area (Å²) < 4.78 is 5.74. The number of aromatic amines is 2. The zero-order valence-electron chi connectivity index (χ0n) is 21.3. The third-order valence-electron chi connectivity index (χ3n) is 6.65. The molecule has 6 N–H and O–H groups in total. The van der Waals surface area contributed by atoms with E-state index in [1.807, 2.05) is 24.4 Å². The van der Waals surface area contributed by atoms with Crippen LogP contribution in [0.2, 0.25) is 0 Å². The van der Waals surface area contributed by atoms with E-state index >= 15 is 0 Å². The summed E-state index contributed by atoms with van der Waals surface area (Å²) in [6.45, 7) is 6.47. The van der Waals surface area contributed by atoms with Crippen molar-refractivity contribution in [1.29, 1.82) is 0 Å². The topological polar surface area (TPSA) is 122 Å². The van der Waals surface area contributed by atoms with Gasteiger partial charge in [-0.3, -0.25) is 20.0 Å². The summed E-state index contributed by atoms with van der Waals surface area (Å²) >= 11 is 0. The van der Waals surface area contributed by atoms with E-state index in [1.165, 1.54) is 5.57 Å². The minimum atomic E-state index is -0.510. The number of nitrogens with zero attached hydrogens (tertiary/aromatic N) is 2. The Morgan fingerprint density at radius 2 is 2.00 bits per heavy atom. The van der Waals surface area contributed by atoms with Gasteiger partial charge in [-0.15, -0.1) is 0 Å². The summed E-state index contributed by atoms with van der Waals surface area (Å²) in [5, 5.41) is 7.46. The fraction of sp³-hybridized carbons (Fsp3) is 0.250. The Morgan fingerprint density at radius 1 is 1.16 bits per heavy atom. The monoisotopic (exact) mass is 498 g/mol. The van der Waals surface area contributed by atoms with E-state index < -0.39 is 5.91 Å². The smallest absolute Gasteiger partial charge is 0.351 e. The molecule has 1 aliphatic heterocycles. The molecule has 4 aromatic rings. The van der Waals surface area contributed by atoms with E-state index in [4.69, 9.17) is 15.5 Å². The number of H-pyrrole nitrogens is 2. The van der Waals surface area contributed by atoms with Crippen LogP contribution in [0, 0.1) is 0 Å². The van der Waals surface area contributed by atoms with Crippen LogP contribution < -0.4 is 26.1 Å². The van der Waals surface area contributed by atoms with Crippen LogP contribution >= 0.6 is 0 Å². The number of methoxy groups -OCH3 is 1. The number of aromatic nitrogens is 3. The molecule has 0 radical (unpaired) electrons. The van der Waals surface area contributed by atoms with Crippen molar-refractivity contribution in [3.8, 4) is 5.75 Å². The molecule has 0 atom stereocenters. The van der Waals surface area contributed by atoms with Crippen LogP contribution in [0.3, 0.4) is 0 Å². The lowest BCUT2D eigenvalue weighted by molar-refractivity contribution is -0.333. The summed E-state index contributed by atoms with van der Waals surface area (Å²) in [4.78, 5) is 25.6. The maximum Gasteiger partial charge on any atom is 0.351 e. The molecule has 9 nitrogen and oxygen atoms in total. The number of para-hydroxylation sites is 1. The third-order valence-corrected chi connectivity index (χ3v) is 6.65. The van der Waals surface area contributed by atoms with Gasteiger partial charge in [0.1, 0.15) is 5.69 Å². The van der Waals surface area contributed by atoms with Crippen molar-refractivity contribution in [2.75, 3.05) is 30.8 Å². The minimum absolute atomic E-state index is 0.389. The van der Waals surface area contributed by atoms with Crippen LogP contribution in [0.1, 0.15) is 36.2 Å². The van der Waals surface area contributed by atoms with Crippen molar-refractivity contribution < 1.29 is 14.5 Å². The molecule has 2 aromatic heterocycles. The van der Waals surface area contributed by atoms with Gasteiger partial charge in [0.05, 0.1) is 23.7 Å². The number of carbonyl (C=O) groups is 1. The van der Waals surface area contributed by atoms with Gasteiger partial charge in [-0.05, 0) is 61.7 Å². The molecule has 1 aliphatic rings. The Balaban J connectivity index is 1.45. The van der Waals surface area contributed by atoms with Gasteiger partial charge in [0.2, 0.25) is 11.5 Å². The standard InChI is InChI=1S/C28H31N7O2/c1-17(2)35-14-6-7-19(16-35)18-10-11-23(24(15-18)37-3)32-28-33-26-21(12-13-30-26)27(34-28)31-22-9-5-4-8-20(22)25(29)36/h4-5,7-13,15,17H,6,14,16H2,1-3H3,(H2,29,36)(H3,30,31,32,33,34)/p+1. The zero-order chi connectivity index (χ0) is 25.9. The largest absolute Gasteiger partial charge is 0.493 e. The second-order valence-electron chi connectivity index (χ2n) is 9.36. The van der Waals surface area contributed by atoms with Gasteiger partial charge in [-0.1, -0.05) is 29.3 Å². The number of anilines is 4. The van der Waals surface area contributed by atoms with Crippen LogP contribution in [0.25, 0.3) is 16.6 Å². The van der Waals surface area contributed by atoms with E-state index in [2.05, 4.69) is 57.6 Å². The molecule has 0 aliphatic carbocycles. The predicted octanol–water partition coefficient (Wildman–Crippen LogP) is 4.47. The first kappa shape index (κ1) is 24.3. The lowest BCUT2D eigenvalue weighted by atomic mass is 9.99. The number of hydrogen-bond donors (Lipinski definition) is 4. The van der Waals surface area contributed by atoms with Gasteiger partial charge in [0.25, 0.3) is 5.91 Å². The van der Waals surface area contributed by atoms with Crippen LogP contribution in [0.5, 0.6) is 5.75 Å². The Bertz CT molecular complexity index is 1470. The van der Waals surface area contributed by atoms with Crippen molar-refractivity contribution >= 4 is 45.7 Å². The van der Waals surface area contributed by atoms with E-state index in [0.717, 1.165) is 47.5 Å². The first-order valence-electron chi connectivity index (χ1n) is 12.4. The second-order valence-corrected chi connectivity index (χ2v) is 9.36. The molecule has 0 spiro atoms. The minimum Gasteiger partial charge on any atom is -0.493 e. The molecular weight excluding hydrogens is 466 g/mol. The van der Waals surface area contributed by atoms with Gasteiger partial charge in [0.15, 0.2) is 5.75 Å². The Labute approximate surface area is 215 Å². The summed E-state index contributed by atoms with van der Waals surface area (Å²) in [7, 11) is 1.67. The molecular formula is C28H32N7O2+. The number of amides is 1. The molecule has 0 saturated heterocycles. The molecule has 0 bridgehead atoms. The lowest BCUT2D eigenvalue weighted by Gasteiger charge is -2.31. The van der Waals surface area contributed by atoms with Crippen molar-refractivity contribution in [2.24, 2.45) is 5.73 Å². The number of nitrogens with one attached hydrogen (secondary N) is 4. The highest BCUT2D eigenvalue weighted by Gasteiger charge is 2.20. The molecule has 3 heterocycles. The van der Waals surface area contributed by atoms with E-state index in [1.54, 1.807) is 25.3 Å². The predicted molar refractivity (Wildman–Crippen MR) is 146 cm³/mol. The zero-order valence-corrected chi connectivity index (χ0v) is 21.3. The van der Waals surface area contributed by atoms with Crippen LogP contribution in [-0.4, -0.2) is 47.0 Å². The highest BCUT2D eigenvalue weighted by atomic mass is 16.5. The number of nitrogens with two attached hydrogens (primary N) is 1. The van der Waals surface area contributed by atoms with Gasteiger partial charge < -0.3 is 15.8 Å². The van der Waals surface area contributed by atoms with Crippen molar-refractivity contribution in [3.05, 3.63) is 71.9 Å². The summed E-state index contributed by atoms with van der Waals surface area (Å²) in [5.74, 6) is 1.28. The summed E-state index contributed by atoms with van der Waals surface area (Å²) in [5.41, 5.74) is 10.5. The molecule has 0 unspecified atom stereocenters. The normalized spacial score (nSPS) is 14.0. The molecule has 190 valence electrons. The van der Waals surface area contributed by atoms with E-state index in [9.17, 15) is 4.79 Å². The van der Waals surface area contributed by atoms with Gasteiger partial charge in [0, 0.05) is 25.3 Å². The first-order chi connectivity index (χ1) is 17.9. The lowest BCUT2D eigenvalue weighted by Crippen LogP contribution is -2.35. The number of primary amides is 1. The second kappa shape index (κ2) is 10.3. The number of benzene rings is 2. The quantitative estimate of drug-likeness (QED) is 0.284. The fourth-order valence-electron chi connectivity index (χ4n) is 4.62. The van der Waals surface area contributed by atoms with Gasteiger partial charge in [-0.25, -0.2) is 4.98 Å². The number of hydrogen-bond acceptors (Lipinski definition) is 6. The van der Waals surface area contributed by atoms with Gasteiger partial charge >= 0.3 is 5.95 Å². The average molecular weight is 499 g/mol. The molecule has 1 amide bonds. The fourth-order valence-corrected chi connectivity index (χ4v) is 4.62. The number of ether oxygens (including phenoxy) is 1. The van der Waals surface area contributed by atoms with Crippen molar-refractivity contribution in [2.45, 2.75) is 26.3 Å². The number of fused-ring (bicyclic) bond motifs is 1. The Morgan fingerprint density at radius 3 is 2.78 bits per heavy atom. The van der Waals surface area contributed by atoms with E-state index in [0.29, 0.717) is 29.1 Å². The molecule has 0 fully saturated rings. The maximum atomic E-state index is 11.9. The summed E-state index contributed by atoms with van der Waals surface area (Å²) in [6, 6.07) is 15.7. The Hall–Kier alpha value is -4.37. The molecule has 0 saturated carbocycles. The maximum absolute atomic E-state index is 11.9. The van der Waals surface area contributed by atoms with Crippen molar-refractivity contribution in [3.63, 3.8) is 0 Å². The van der Waals surface area contributed by atoms with Crippen molar-refractivity contribution in [1.82, 2.24) is 14.9 Å². The van der Waals surface area contributed by atoms with Crippen LogP contribution in [0.4, 0.5) is 23.1 Å². The highest BCUT2D eigenvalue weighted by Crippen LogP contribution is 2.33. The highest BCUT2D eigenvalue weighted by molar-refractivity contribution is 6.00. The van der Waals surface area contributed by atoms with Gasteiger partial charge in [-0.2, -0.15) is 0 Å². The summed E-state index contributed by atoms with van der Waals surface area (Å²) in [6.07, 6.45) is 5.18. The third kappa shape index (κ3) is 5.12. The molecule has 37 heavy (non-hydrogen) atoms. The average Bonchev–Trinajstić information content (AvgIpc) is 3.38. The number of carbonyl (C=O) groups excluding carboxylic acids is 1. The SMILES string of the molecule is COc1cc(C2=CCCN(C(C)C)C2)ccc1Nc1nc(Nc2ccccc2C(N)=O)c2cc[nH]c2[nH+]1. The van der Waals surface area contributed by atoms with E-state index in [-0.39, 0.29) is 0 Å². The van der Waals surface area contributed by atoms with Crippen LogP contribution in [0.15, 0.2) is 60.8 Å². The Kier molecular flexibility index (Phi) is 6.78.